The molecule has 9 heteroatoms. The van der Waals surface area contributed by atoms with E-state index in [0.29, 0.717) is 13.0 Å². The van der Waals surface area contributed by atoms with Gasteiger partial charge in [0.15, 0.2) is 0 Å². The summed E-state index contributed by atoms with van der Waals surface area (Å²) in [5, 5.41) is 0.645. The lowest BCUT2D eigenvalue weighted by Gasteiger charge is -2.09. The van der Waals surface area contributed by atoms with Crippen LogP contribution in [-0.2, 0) is 16.4 Å². The average molecular weight is 386 g/mol. The van der Waals surface area contributed by atoms with Crippen LogP contribution in [0.1, 0.15) is 4.88 Å². The lowest BCUT2D eigenvalue weighted by molar-refractivity contribution is 0.603. The lowest BCUT2D eigenvalue weighted by atomic mass is 10.3. The number of hydrogen-bond acceptors (Lipinski definition) is 4. The highest BCUT2D eigenvalue weighted by atomic mass is 35.5. The average Bonchev–Trinajstić information content (AvgIpc) is 2.86. The van der Waals surface area contributed by atoms with E-state index < -0.39 is 10.0 Å². The molecule has 0 aliphatic carbocycles. The summed E-state index contributed by atoms with van der Waals surface area (Å²) < 4.78 is 27.2. The Morgan fingerprint density at radius 1 is 1.10 bits per heavy atom. The van der Waals surface area contributed by atoms with Crippen LogP contribution in [0.15, 0.2) is 28.5 Å². The highest BCUT2D eigenvalue weighted by Crippen LogP contribution is 2.34. The van der Waals surface area contributed by atoms with E-state index in [9.17, 15) is 8.42 Å². The Kier molecular flexibility index (Phi) is 5.40. The number of halogens is 3. The third-order valence-corrected chi connectivity index (χ3v) is 6.58. The van der Waals surface area contributed by atoms with E-state index in [2.05, 4.69) is 4.72 Å². The number of thiophene rings is 1. The van der Waals surface area contributed by atoms with E-state index in [4.69, 9.17) is 40.5 Å². The lowest BCUT2D eigenvalue weighted by Crippen LogP contribution is -2.11. The molecule has 0 radical (unpaired) electrons. The Labute approximate surface area is 141 Å². The molecule has 0 amide bonds. The van der Waals surface area contributed by atoms with Gasteiger partial charge in [-0.15, -0.1) is 11.3 Å². The van der Waals surface area contributed by atoms with Gasteiger partial charge in [0, 0.05) is 4.88 Å². The van der Waals surface area contributed by atoms with Gasteiger partial charge in [-0.05, 0) is 37.2 Å². The molecule has 4 nitrogen and oxygen atoms in total. The van der Waals surface area contributed by atoms with Crippen LogP contribution in [0.3, 0.4) is 0 Å². The summed E-state index contributed by atoms with van der Waals surface area (Å²) in [6.45, 7) is 0.464. The Morgan fingerprint density at radius 2 is 1.76 bits per heavy atom. The first kappa shape index (κ1) is 16.9. The van der Waals surface area contributed by atoms with Crippen LogP contribution in [0.5, 0.6) is 0 Å². The number of rotatable bonds is 5. The van der Waals surface area contributed by atoms with Crippen LogP contribution in [0, 0.1) is 0 Å². The molecule has 1 heterocycles. The fraction of sp³-hybridized carbons (Fsp3) is 0.167. The van der Waals surface area contributed by atoms with Crippen molar-refractivity contribution in [1.82, 2.24) is 0 Å². The molecule has 0 bridgehead atoms. The fourth-order valence-corrected chi connectivity index (χ4v) is 4.67. The number of anilines is 1. The summed E-state index contributed by atoms with van der Waals surface area (Å²) in [6, 6.07) is 6.03. The Balaban J connectivity index is 2.30. The van der Waals surface area contributed by atoms with Crippen molar-refractivity contribution in [2.75, 3.05) is 11.3 Å². The van der Waals surface area contributed by atoms with Crippen molar-refractivity contribution in [1.29, 1.82) is 0 Å². The molecule has 0 aliphatic heterocycles. The number of hydrogen-bond donors (Lipinski definition) is 2. The van der Waals surface area contributed by atoms with Crippen molar-refractivity contribution in [3.63, 3.8) is 0 Å². The molecule has 1 aromatic carbocycles. The first-order valence-electron chi connectivity index (χ1n) is 5.79. The van der Waals surface area contributed by atoms with E-state index >= 15 is 0 Å². The van der Waals surface area contributed by atoms with Crippen molar-refractivity contribution in [2.24, 2.45) is 5.73 Å². The molecule has 0 spiro atoms. The molecule has 0 atom stereocenters. The van der Waals surface area contributed by atoms with Gasteiger partial charge >= 0.3 is 0 Å². The largest absolute Gasteiger partial charge is 0.330 e. The second-order valence-electron chi connectivity index (χ2n) is 4.11. The van der Waals surface area contributed by atoms with Gasteiger partial charge < -0.3 is 5.73 Å². The molecule has 0 fully saturated rings. The van der Waals surface area contributed by atoms with Gasteiger partial charge in [-0.25, -0.2) is 8.42 Å². The van der Waals surface area contributed by atoms with Crippen molar-refractivity contribution >= 4 is 61.9 Å². The van der Waals surface area contributed by atoms with Gasteiger partial charge in [0.2, 0.25) is 0 Å². The number of benzene rings is 1. The van der Waals surface area contributed by atoms with Gasteiger partial charge in [0.1, 0.15) is 4.21 Å². The number of sulfonamides is 1. The molecule has 21 heavy (non-hydrogen) atoms. The van der Waals surface area contributed by atoms with Crippen molar-refractivity contribution in [3.05, 3.63) is 44.2 Å². The molecule has 2 aromatic rings. The monoisotopic (exact) mass is 384 g/mol. The molecule has 0 saturated heterocycles. The van der Waals surface area contributed by atoms with Crippen LogP contribution < -0.4 is 10.5 Å². The predicted molar refractivity (Wildman–Crippen MR) is 89.4 cm³/mol. The highest BCUT2D eigenvalue weighted by Gasteiger charge is 2.19. The number of nitrogens with one attached hydrogen (secondary N) is 1. The Bertz CT molecular complexity index is 760. The standard InChI is InChI=1S/C12H11Cl3N2O2S2/c13-8-5-10(15)11(6-9(8)14)17-21(18,19)12-2-1-7(20-12)3-4-16/h1-2,5-6,17H,3-4,16H2. The van der Waals surface area contributed by atoms with E-state index in [0.717, 1.165) is 16.2 Å². The second kappa shape index (κ2) is 6.73. The van der Waals surface area contributed by atoms with Crippen LogP contribution in [-0.4, -0.2) is 15.0 Å². The minimum Gasteiger partial charge on any atom is -0.330 e. The maximum atomic E-state index is 12.3. The maximum absolute atomic E-state index is 12.3. The topological polar surface area (TPSA) is 72.2 Å². The third-order valence-electron chi connectivity index (χ3n) is 2.55. The fourth-order valence-electron chi connectivity index (χ4n) is 1.58. The van der Waals surface area contributed by atoms with Crippen LogP contribution in [0.4, 0.5) is 5.69 Å². The van der Waals surface area contributed by atoms with Gasteiger partial charge in [0.25, 0.3) is 10.0 Å². The van der Waals surface area contributed by atoms with E-state index in [1.165, 1.54) is 18.2 Å². The minimum atomic E-state index is -3.72. The zero-order valence-electron chi connectivity index (χ0n) is 10.6. The zero-order chi connectivity index (χ0) is 15.6. The SMILES string of the molecule is NCCc1ccc(S(=O)(=O)Nc2cc(Cl)c(Cl)cc2Cl)s1. The Morgan fingerprint density at radius 3 is 2.43 bits per heavy atom. The summed E-state index contributed by atoms with van der Waals surface area (Å²) in [5.74, 6) is 0. The summed E-state index contributed by atoms with van der Waals surface area (Å²) in [7, 11) is -3.72. The summed E-state index contributed by atoms with van der Waals surface area (Å²) >= 11 is 18.8. The normalized spacial score (nSPS) is 11.6. The quantitative estimate of drug-likeness (QED) is 0.764. The summed E-state index contributed by atoms with van der Waals surface area (Å²) in [5.41, 5.74) is 5.63. The first-order chi connectivity index (χ1) is 9.83. The Hall–Kier alpha value is -0.500. The van der Waals surface area contributed by atoms with Gasteiger partial charge in [-0.1, -0.05) is 34.8 Å². The molecule has 1 aromatic heterocycles. The molecular weight excluding hydrogens is 375 g/mol. The molecule has 3 N–H and O–H groups in total. The molecule has 0 unspecified atom stereocenters. The van der Waals surface area contributed by atoms with Gasteiger partial charge in [0.05, 0.1) is 20.8 Å². The third kappa shape index (κ3) is 4.03. The first-order valence-corrected chi connectivity index (χ1v) is 9.23. The number of nitrogens with two attached hydrogens (primary N) is 1. The molecule has 2 rings (SSSR count). The van der Waals surface area contributed by atoms with Gasteiger partial charge in [-0.2, -0.15) is 0 Å². The summed E-state index contributed by atoms with van der Waals surface area (Å²) in [4.78, 5) is 0.901. The second-order valence-corrected chi connectivity index (χ2v) is 8.41. The van der Waals surface area contributed by atoms with E-state index in [-0.39, 0.29) is 25.0 Å². The summed E-state index contributed by atoms with van der Waals surface area (Å²) in [6.07, 6.45) is 0.633. The van der Waals surface area contributed by atoms with E-state index in [1.54, 1.807) is 6.07 Å². The van der Waals surface area contributed by atoms with Crippen LogP contribution >= 0.6 is 46.1 Å². The van der Waals surface area contributed by atoms with Gasteiger partial charge in [-0.3, -0.25) is 4.72 Å². The maximum Gasteiger partial charge on any atom is 0.271 e. The predicted octanol–water partition coefficient (Wildman–Crippen LogP) is 4.01. The van der Waals surface area contributed by atoms with E-state index in [1.807, 2.05) is 0 Å². The smallest absolute Gasteiger partial charge is 0.271 e. The molecular formula is C12H11Cl3N2O2S2. The molecule has 114 valence electrons. The van der Waals surface area contributed by atoms with Crippen molar-refractivity contribution in [2.45, 2.75) is 10.6 Å². The minimum absolute atomic E-state index is 0.173. The van der Waals surface area contributed by atoms with Crippen molar-refractivity contribution < 1.29 is 8.42 Å². The van der Waals surface area contributed by atoms with Crippen LogP contribution in [0.2, 0.25) is 15.1 Å². The highest BCUT2D eigenvalue weighted by molar-refractivity contribution is 7.94. The molecule has 0 aliphatic rings. The van der Waals surface area contributed by atoms with Crippen molar-refractivity contribution in [3.8, 4) is 0 Å². The zero-order valence-corrected chi connectivity index (χ0v) is 14.5. The molecule has 0 saturated carbocycles. The van der Waals surface area contributed by atoms with Crippen LogP contribution in [0.25, 0.3) is 0 Å².